The van der Waals surface area contributed by atoms with Crippen LogP contribution < -0.4 is 10.1 Å². The van der Waals surface area contributed by atoms with E-state index in [0.29, 0.717) is 46.0 Å². The Morgan fingerprint density at radius 2 is 2.00 bits per heavy atom. The second-order valence-corrected chi connectivity index (χ2v) is 8.96. The van der Waals surface area contributed by atoms with Gasteiger partial charge in [0, 0.05) is 53.5 Å². The van der Waals surface area contributed by atoms with Gasteiger partial charge in [0.05, 0.1) is 25.1 Å². The van der Waals surface area contributed by atoms with Crippen molar-refractivity contribution in [3.8, 4) is 28.3 Å². The van der Waals surface area contributed by atoms with E-state index in [2.05, 4.69) is 21.4 Å². The van der Waals surface area contributed by atoms with E-state index in [-0.39, 0.29) is 6.61 Å². The smallest absolute Gasteiger partial charge is 0.491 e. The monoisotopic (exact) mass is 501 g/mol. The lowest BCUT2D eigenvalue weighted by Crippen LogP contribution is -2.08. The number of methoxy groups -OCH3 is 1. The summed E-state index contributed by atoms with van der Waals surface area (Å²) in [5, 5.41) is 18.1. The number of anilines is 1. The van der Waals surface area contributed by atoms with Gasteiger partial charge in [-0.15, -0.1) is 0 Å². The minimum Gasteiger partial charge on any atom is -0.491 e. The van der Waals surface area contributed by atoms with Gasteiger partial charge in [-0.1, -0.05) is 24.3 Å². The summed E-state index contributed by atoms with van der Waals surface area (Å²) in [6.45, 7) is 2.22. The van der Waals surface area contributed by atoms with E-state index in [4.69, 9.17) is 9.84 Å². The fraction of sp³-hybridized carbons (Fsp3) is 0.192. The number of benzene rings is 2. The van der Waals surface area contributed by atoms with Crippen molar-refractivity contribution in [3.05, 3.63) is 77.9 Å². The van der Waals surface area contributed by atoms with Crippen LogP contribution in [0.25, 0.3) is 28.2 Å². The first kappa shape index (κ1) is 23.6. The molecule has 5 aromatic rings. The molecule has 0 aliphatic rings. The van der Waals surface area contributed by atoms with Crippen molar-refractivity contribution < 1.29 is 14.1 Å². The molecule has 9 nitrogen and oxygen atoms in total. The zero-order valence-electron chi connectivity index (χ0n) is 20.1. The molecule has 0 aliphatic carbocycles. The van der Waals surface area contributed by atoms with E-state index >= 15 is 0 Å². The SMILES string of the molecule is COc1ccc(-c2c(C)nn3c(NCc4cccc(-c5nccn5C)c4)cc(CO)nc23)cc1[S+]=O. The second-order valence-electron chi connectivity index (χ2n) is 8.35. The van der Waals surface area contributed by atoms with E-state index in [1.807, 2.05) is 49.0 Å². The van der Waals surface area contributed by atoms with Crippen molar-refractivity contribution in [3.63, 3.8) is 0 Å². The molecule has 0 atom stereocenters. The molecule has 0 amide bonds. The molecular weight excluding hydrogens is 476 g/mol. The Balaban J connectivity index is 1.52. The average molecular weight is 502 g/mol. The number of aliphatic hydroxyl groups is 1. The molecule has 36 heavy (non-hydrogen) atoms. The number of rotatable bonds is 8. The highest BCUT2D eigenvalue weighted by atomic mass is 32.1. The number of ether oxygens (including phenoxy) is 1. The highest BCUT2D eigenvalue weighted by Crippen LogP contribution is 2.33. The van der Waals surface area contributed by atoms with E-state index in [1.54, 1.807) is 28.9 Å². The Morgan fingerprint density at radius 1 is 1.14 bits per heavy atom. The lowest BCUT2D eigenvalue weighted by atomic mass is 10.1. The lowest BCUT2D eigenvalue weighted by molar-refractivity contribution is 0.277. The Kier molecular flexibility index (Phi) is 6.45. The summed E-state index contributed by atoms with van der Waals surface area (Å²) >= 11 is 0.379. The maximum Gasteiger partial charge on any atom is 0.509 e. The van der Waals surface area contributed by atoms with Crippen molar-refractivity contribution >= 4 is 23.1 Å². The summed E-state index contributed by atoms with van der Waals surface area (Å²) in [6, 6.07) is 15.4. The molecule has 0 spiro atoms. The Morgan fingerprint density at radius 3 is 2.72 bits per heavy atom. The van der Waals surface area contributed by atoms with E-state index in [9.17, 15) is 9.32 Å². The summed E-state index contributed by atoms with van der Waals surface area (Å²) in [5.41, 5.74) is 5.56. The molecule has 3 heterocycles. The van der Waals surface area contributed by atoms with Crippen LogP contribution in [0, 0.1) is 6.92 Å². The van der Waals surface area contributed by atoms with E-state index in [1.165, 1.54) is 7.11 Å². The first-order chi connectivity index (χ1) is 17.5. The molecule has 3 aromatic heterocycles. The Bertz CT molecular complexity index is 1580. The van der Waals surface area contributed by atoms with E-state index in [0.717, 1.165) is 33.8 Å². The number of nitrogens with one attached hydrogen (secondary N) is 1. The first-order valence-corrected chi connectivity index (χ1v) is 12.1. The van der Waals surface area contributed by atoms with Crippen molar-refractivity contribution in [2.75, 3.05) is 12.4 Å². The topological polar surface area (TPSA) is 107 Å². The van der Waals surface area contributed by atoms with Gasteiger partial charge in [0.1, 0.15) is 11.6 Å². The standard InChI is InChI=1S/C26H25N6O3S/c1-16-24(18-7-8-21(35-3)22(12-18)36-34)26-29-20(15-33)13-23(32(26)30-16)28-14-17-5-4-6-19(11-17)25-27-9-10-31(25)2/h4-13,28,33H,14-15H2,1-3H3/q+1. The summed E-state index contributed by atoms with van der Waals surface area (Å²) in [6.07, 6.45) is 3.70. The van der Waals surface area contributed by atoms with Crippen LogP contribution in [0.15, 0.2) is 65.8 Å². The number of aromatic nitrogens is 5. The number of fused-ring (bicyclic) bond motifs is 1. The largest absolute Gasteiger partial charge is 0.509 e. The Labute approximate surface area is 211 Å². The second kappa shape index (κ2) is 9.84. The molecule has 0 saturated carbocycles. The number of nitrogens with zero attached hydrogens (tertiary/aromatic N) is 5. The van der Waals surface area contributed by atoms with E-state index < -0.39 is 0 Å². The molecule has 0 radical (unpaired) electrons. The molecule has 0 bridgehead atoms. The summed E-state index contributed by atoms with van der Waals surface area (Å²) in [4.78, 5) is 9.57. The summed E-state index contributed by atoms with van der Waals surface area (Å²) in [7, 11) is 3.50. The number of aryl methyl sites for hydroxylation is 2. The molecule has 0 aliphatic heterocycles. The maximum atomic E-state index is 11.6. The van der Waals surface area contributed by atoms with Crippen LogP contribution in [0.5, 0.6) is 5.75 Å². The highest BCUT2D eigenvalue weighted by Gasteiger charge is 2.22. The quantitative estimate of drug-likeness (QED) is 0.310. The third-order valence-electron chi connectivity index (χ3n) is 6.00. The van der Waals surface area contributed by atoms with Gasteiger partial charge in [0.15, 0.2) is 11.4 Å². The van der Waals surface area contributed by atoms with Crippen LogP contribution >= 0.6 is 0 Å². The molecular formula is C26H25N6O3S+. The van der Waals surface area contributed by atoms with Gasteiger partial charge in [-0.05, 0) is 30.2 Å². The van der Waals surface area contributed by atoms with Crippen molar-refractivity contribution in [2.24, 2.45) is 7.05 Å². The molecule has 0 fully saturated rings. The van der Waals surface area contributed by atoms with Crippen LogP contribution in [0.4, 0.5) is 5.82 Å². The minimum atomic E-state index is -0.215. The van der Waals surface area contributed by atoms with Gasteiger partial charge in [-0.25, -0.2) is 9.97 Å². The lowest BCUT2D eigenvalue weighted by Gasteiger charge is -2.11. The van der Waals surface area contributed by atoms with Crippen molar-refractivity contribution in [2.45, 2.75) is 25.0 Å². The van der Waals surface area contributed by atoms with Crippen molar-refractivity contribution in [1.82, 2.24) is 24.1 Å². The van der Waals surface area contributed by atoms with Gasteiger partial charge in [0.2, 0.25) is 0 Å². The maximum absolute atomic E-state index is 11.6. The average Bonchev–Trinajstić information content (AvgIpc) is 3.48. The predicted molar refractivity (Wildman–Crippen MR) is 138 cm³/mol. The number of hydrogen-bond donors (Lipinski definition) is 2. The summed E-state index contributed by atoms with van der Waals surface area (Å²) < 4.78 is 20.6. The first-order valence-electron chi connectivity index (χ1n) is 11.3. The molecule has 0 unspecified atom stereocenters. The Hall–Kier alpha value is -4.15. The van der Waals surface area contributed by atoms with Crippen LogP contribution in [-0.2, 0) is 36.1 Å². The molecule has 0 saturated heterocycles. The molecule has 2 N–H and O–H groups in total. The predicted octanol–water partition coefficient (Wildman–Crippen LogP) is 4.01. The zero-order valence-corrected chi connectivity index (χ0v) is 20.9. The van der Waals surface area contributed by atoms with Gasteiger partial charge >= 0.3 is 16.6 Å². The van der Waals surface area contributed by atoms with Crippen LogP contribution in [0.2, 0.25) is 0 Å². The number of aliphatic hydroxyl groups excluding tert-OH is 1. The van der Waals surface area contributed by atoms with Crippen molar-refractivity contribution in [1.29, 1.82) is 0 Å². The number of hydrogen-bond acceptors (Lipinski definition) is 7. The summed E-state index contributed by atoms with van der Waals surface area (Å²) in [5.74, 6) is 2.12. The fourth-order valence-electron chi connectivity index (χ4n) is 4.27. The third-order valence-corrected chi connectivity index (χ3v) is 6.50. The van der Waals surface area contributed by atoms with Gasteiger partial charge in [-0.2, -0.15) is 9.61 Å². The normalized spacial score (nSPS) is 11.1. The number of imidazole rings is 1. The highest BCUT2D eigenvalue weighted by molar-refractivity contribution is 7.65. The molecule has 5 rings (SSSR count). The van der Waals surface area contributed by atoms with Crippen LogP contribution in [0.3, 0.4) is 0 Å². The molecule has 182 valence electrons. The fourth-order valence-corrected chi connectivity index (χ4v) is 4.68. The van der Waals surface area contributed by atoms with Gasteiger partial charge in [-0.3, -0.25) is 0 Å². The molecule has 2 aromatic carbocycles. The van der Waals surface area contributed by atoms with Gasteiger partial charge < -0.3 is 19.7 Å². The third kappa shape index (κ3) is 4.32. The van der Waals surface area contributed by atoms with Crippen LogP contribution in [-0.4, -0.2) is 36.4 Å². The van der Waals surface area contributed by atoms with Crippen LogP contribution in [0.1, 0.15) is 17.0 Å². The van der Waals surface area contributed by atoms with Gasteiger partial charge in [0.25, 0.3) is 0 Å². The molecule has 10 heteroatoms. The zero-order chi connectivity index (χ0) is 25.2. The minimum absolute atomic E-state index is 0.215.